The fourth-order valence-corrected chi connectivity index (χ4v) is 2.67. The number of nitrogens with zero attached hydrogens (tertiary/aromatic N) is 2. The molecular formula is C13H21N3O. The highest BCUT2D eigenvalue weighted by molar-refractivity contribution is 5.15. The lowest BCUT2D eigenvalue weighted by atomic mass is 9.74. The lowest BCUT2D eigenvalue weighted by Gasteiger charge is -2.42. The molecule has 1 aliphatic rings. The van der Waals surface area contributed by atoms with Gasteiger partial charge in [-0.3, -0.25) is 0 Å². The molecule has 1 unspecified atom stereocenters. The molecule has 0 saturated heterocycles. The van der Waals surface area contributed by atoms with Crippen LogP contribution in [0.2, 0.25) is 0 Å². The van der Waals surface area contributed by atoms with Crippen LogP contribution in [0.25, 0.3) is 0 Å². The zero-order chi connectivity index (χ0) is 12.3. The van der Waals surface area contributed by atoms with Crippen molar-refractivity contribution in [2.45, 2.75) is 44.2 Å². The molecule has 0 aromatic carbocycles. The van der Waals surface area contributed by atoms with Crippen LogP contribution in [0.3, 0.4) is 0 Å². The topological polar surface area (TPSA) is 61.0 Å². The van der Waals surface area contributed by atoms with Gasteiger partial charge >= 0.3 is 0 Å². The third-order valence-electron chi connectivity index (χ3n) is 4.03. The molecule has 0 radical (unpaired) electrons. The Morgan fingerprint density at radius 3 is 2.47 bits per heavy atom. The number of hydrogen-bond acceptors (Lipinski definition) is 4. The van der Waals surface area contributed by atoms with E-state index in [1.807, 2.05) is 0 Å². The zero-order valence-electron chi connectivity index (χ0n) is 10.6. The standard InChI is InChI=1S/C13H21N3O/c1-10-3-5-13(17-2,6-4-10)12(14)11-7-15-9-16-8-11/h7-10,12H,3-6,14H2,1-2H3. The summed E-state index contributed by atoms with van der Waals surface area (Å²) in [6, 6.07) is -0.138. The smallest absolute Gasteiger partial charge is 0.115 e. The fraction of sp³-hybridized carbons (Fsp3) is 0.692. The summed E-state index contributed by atoms with van der Waals surface area (Å²) in [7, 11) is 1.76. The van der Waals surface area contributed by atoms with E-state index in [-0.39, 0.29) is 11.6 Å². The highest BCUT2D eigenvalue weighted by Gasteiger charge is 2.40. The van der Waals surface area contributed by atoms with Crippen molar-refractivity contribution in [3.05, 3.63) is 24.3 Å². The van der Waals surface area contributed by atoms with Gasteiger partial charge in [0.05, 0.1) is 11.6 Å². The van der Waals surface area contributed by atoms with Gasteiger partial charge in [-0.05, 0) is 31.6 Å². The maximum Gasteiger partial charge on any atom is 0.115 e. The summed E-state index contributed by atoms with van der Waals surface area (Å²) in [5, 5.41) is 0. The Labute approximate surface area is 103 Å². The maximum atomic E-state index is 6.36. The van der Waals surface area contributed by atoms with Crippen molar-refractivity contribution >= 4 is 0 Å². The van der Waals surface area contributed by atoms with Gasteiger partial charge in [0.2, 0.25) is 0 Å². The predicted octanol–water partition coefficient (Wildman–Crippen LogP) is 2.07. The highest BCUT2D eigenvalue weighted by atomic mass is 16.5. The van der Waals surface area contributed by atoms with E-state index in [1.54, 1.807) is 19.5 Å². The Balaban J connectivity index is 2.18. The van der Waals surface area contributed by atoms with Crippen LogP contribution in [0.15, 0.2) is 18.7 Å². The fourth-order valence-electron chi connectivity index (χ4n) is 2.67. The van der Waals surface area contributed by atoms with Crippen LogP contribution in [0.1, 0.15) is 44.2 Å². The number of nitrogens with two attached hydrogens (primary N) is 1. The minimum Gasteiger partial charge on any atom is -0.376 e. The molecule has 0 bridgehead atoms. The maximum absolute atomic E-state index is 6.36. The van der Waals surface area contributed by atoms with E-state index in [0.717, 1.165) is 24.3 Å². The lowest BCUT2D eigenvalue weighted by molar-refractivity contribution is -0.0673. The molecule has 1 atom stereocenters. The number of rotatable bonds is 3. The van der Waals surface area contributed by atoms with Crippen molar-refractivity contribution in [3.8, 4) is 0 Å². The molecule has 1 saturated carbocycles. The molecule has 4 heteroatoms. The molecule has 0 aliphatic heterocycles. The van der Waals surface area contributed by atoms with Crippen LogP contribution in [0, 0.1) is 5.92 Å². The molecular weight excluding hydrogens is 214 g/mol. The van der Waals surface area contributed by atoms with Crippen molar-refractivity contribution in [1.82, 2.24) is 9.97 Å². The number of hydrogen-bond donors (Lipinski definition) is 1. The van der Waals surface area contributed by atoms with E-state index in [9.17, 15) is 0 Å². The second-order valence-electron chi connectivity index (χ2n) is 5.10. The first-order valence-corrected chi connectivity index (χ1v) is 6.23. The van der Waals surface area contributed by atoms with Crippen LogP contribution in [0.5, 0.6) is 0 Å². The van der Waals surface area contributed by atoms with Crippen LogP contribution < -0.4 is 5.73 Å². The Morgan fingerprint density at radius 2 is 1.94 bits per heavy atom. The second-order valence-corrected chi connectivity index (χ2v) is 5.10. The zero-order valence-corrected chi connectivity index (χ0v) is 10.6. The molecule has 94 valence electrons. The summed E-state index contributed by atoms with van der Waals surface area (Å²) in [6.07, 6.45) is 9.48. The van der Waals surface area contributed by atoms with Crippen molar-refractivity contribution in [3.63, 3.8) is 0 Å². The van der Waals surface area contributed by atoms with E-state index in [4.69, 9.17) is 10.5 Å². The molecule has 4 nitrogen and oxygen atoms in total. The SMILES string of the molecule is COC1(C(N)c2cncnc2)CCC(C)CC1. The first-order valence-electron chi connectivity index (χ1n) is 6.23. The second kappa shape index (κ2) is 5.10. The molecule has 1 aliphatic carbocycles. The van der Waals surface area contributed by atoms with E-state index in [0.29, 0.717) is 0 Å². The summed E-state index contributed by atoms with van der Waals surface area (Å²) in [6.45, 7) is 2.29. The monoisotopic (exact) mass is 235 g/mol. The van der Waals surface area contributed by atoms with Crippen LogP contribution in [-0.4, -0.2) is 22.7 Å². The predicted molar refractivity (Wildman–Crippen MR) is 66.3 cm³/mol. The average Bonchev–Trinajstić information content (AvgIpc) is 2.40. The molecule has 1 aromatic heterocycles. The molecule has 17 heavy (non-hydrogen) atoms. The van der Waals surface area contributed by atoms with Gasteiger partial charge < -0.3 is 10.5 Å². The van der Waals surface area contributed by atoms with Crippen molar-refractivity contribution < 1.29 is 4.74 Å². The van der Waals surface area contributed by atoms with Gasteiger partial charge in [0.25, 0.3) is 0 Å². The van der Waals surface area contributed by atoms with E-state index in [1.165, 1.54) is 19.2 Å². The molecule has 2 N–H and O–H groups in total. The van der Waals surface area contributed by atoms with E-state index in [2.05, 4.69) is 16.9 Å². The summed E-state index contributed by atoms with van der Waals surface area (Å²) < 4.78 is 5.76. The van der Waals surface area contributed by atoms with Gasteiger partial charge in [-0.1, -0.05) is 6.92 Å². The summed E-state index contributed by atoms with van der Waals surface area (Å²) in [5.41, 5.74) is 7.08. The average molecular weight is 235 g/mol. The van der Waals surface area contributed by atoms with Gasteiger partial charge in [0.15, 0.2) is 0 Å². The minimum atomic E-state index is -0.239. The highest BCUT2D eigenvalue weighted by Crippen LogP contribution is 2.41. The molecule has 0 spiro atoms. The van der Waals surface area contributed by atoms with Gasteiger partial charge in [0, 0.05) is 25.1 Å². The lowest BCUT2D eigenvalue weighted by Crippen LogP contribution is -2.45. The summed E-state index contributed by atoms with van der Waals surface area (Å²) in [5.74, 6) is 0.775. The summed E-state index contributed by atoms with van der Waals surface area (Å²) in [4.78, 5) is 8.07. The Morgan fingerprint density at radius 1 is 1.35 bits per heavy atom. The Kier molecular flexibility index (Phi) is 3.74. The summed E-state index contributed by atoms with van der Waals surface area (Å²) >= 11 is 0. The van der Waals surface area contributed by atoms with Crippen LogP contribution in [0.4, 0.5) is 0 Å². The first kappa shape index (κ1) is 12.5. The number of methoxy groups -OCH3 is 1. The van der Waals surface area contributed by atoms with Gasteiger partial charge in [-0.15, -0.1) is 0 Å². The van der Waals surface area contributed by atoms with E-state index >= 15 is 0 Å². The van der Waals surface area contributed by atoms with Crippen LogP contribution >= 0.6 is 0 Å². The minimum absolute atomic E-state index is 0.138. The number of aromatic nitrogens is 2. The van der Waals surface area contributed by atoms with Crippen molar-refractivity contribution in [1.29, 1.82) is 0 Å². The molecule has 1 heterocycles. The molecule has 2 rings (SSSR count). The van der Waals surface area contributed by atoms with Gasteiger partial charge in [-0.25, -0.2) is 9.97 Å². The molecule has 0 amide bonds. The first-order chi connectivity index (χ1) is 8.18. The quantitative estimate of drug-likeness (QED) is 0.871. The third-order valence-corrected chi connectivity index (χ3v) is 4.03. The van der Waals surface area contributed by atoms with Gasteiger partial charge in [0.1, 0.15) is 6.33 Å². The Bertz CT molecular complexity index is 347. The van der Waals surface area contributed by atoms with Crippen LogP contribution in [-0.2, 0) is 4.74 Å². The Hall–Kier alpha value is -1.00. The van der Waals surface area contributed by atoms with Crippen molar-refractivity contribution in [2.75, 3.05) is 7.11 Å². The third kappa shape index (κ3) is 2.48. The van der Waals surface area contributed by atoms with Crippen molar-refractivity contribution in [2.24, 2.45) is 11.7 Å². The van der Waals surface area contributed by atoms with Gasteiger partial charge in [-0.2, -0.15) is 0 Å². The molecule has 1 fully saturated rings. The molecule has 1 aromatic rings. The number of ether oxygens (including phenoxy) is 1. The van der Waals surface area contributed by atoms with E-state index < -0.39 is 0 Å². The largest absolute Gasteiger partial charge is 0.376 e. The normalized spacial score (nSPS) is 31.1.